The van der Waals surface area contributed by atoms with Gasteiger partial charge < -0.3 is 15.2 Å². The molecule has 4 nitrogen and oxygen atoms in total. The molecule has 2 N–H and O–H groups in total. The number of nitrogens with two attached hydrogens (primary N) is 1. The summed E-state index contributed by atoms with van der Waals surface area (Å²) in [5, 5.41) is 0.580. The number of methoxy groups -OCH3 is 1. The number of halogens is 1. The average molecular weight is 279 g/mol. The molecule has 19 heavy (non-hydrogen) atoms. The molecular weight excluding hydrogens is 264 g/mol. The third-order valence-electron chi connectivity index (χ3n) is 2.70. The second-order valence-corrected chi connectivity index (χ2v) is 4.35. The van der Waals surface area contributed by atoms with Crippen molar-refractivity contribution in [3.05, 3.63) is 52.8 Å². The van der Waals surface area contributed by atoms with Crippen LogP contribution in [0.25, 0.3) is 0 Å². The number of benzene rings is 1. The third kappa shape index (κ3) is 3.36. The molecule has 5 heteroatoms. The Morgan fingerprint density at radius 1 is 1.26 bits per heavy atom. The average Bonchev–Trinajstić information content (AvgIpc) is 2.46. The first-order chi connectivity index (χ1) is 9.24. The van der Waals surface area contributed by atoms with Gasteiger partial charge in [-0.2, -0.15) is 0 Å². The number of nitrogens with zero attached hydrogens (tertiary/aromatic N) is 1. The molecule has 0 atom stereocenters. The van der Waals surface area contributed by atoms with Crippen molar-refractivity contribution in [3.63, 3.8) is 0 Å². The number of hydrogen-bond acceptors (Lipinski definition) is 4. The van der Waals surface area contributed by atoms with Gasteiger partial charge in [0, 0.05) is 24.5 Å². The van der Waals surface area contributed by atoms with Gasteiger partial charge >= 0.3 is 0 Å². The molecule has 1 heterocycles. The van der Waals surface area contributed by atoms with Crippen LogP contribution in [0.2, 0.25) is 5.02 Å². The molecule has 2 rings (SSSR count). The monoisotopic (exact) mass is 278 g/mol. The van der Waals surface area contributed by atoms with Crippen LogP contribution in [-0.2, 0) is 13.2 Å². The van der Waals surface area contributed by atoms with Crippen LogP contribution < -0.4 is 15.2 Å². The van der Waals surface area contributed by atoms with Crippen LogP contribution in [0, 0.1) is 0 Å². The fourth-order valence-corrected chi connectivity index (χ4v) is 1.81. The van der Waals surface area contributed by atoms with Gasteiger partial charge in [-0.15, -0.1) is 0 Å². The van der Waals surface area contributed by atoms with E-state index in [0.29, 0.717) is 29.7 Å². The van der Waals surface area contributed by atoms with Crippen molar-refractivity contribution >= 4 is 11.6 Å². The molecule has 0 spiro atoms. The van der Waals surface area contributed by atoms with Crippen LogP contribution in [0.1, 0.15) is 11.1 Å². The number of ether oxygens (including phenoxy) is 2. The van der Waals surface area contributed by atoms with Crippen molar-refractivity contribution in [1.82, 2.24) is 4.98 Å². The van der Waals surface area contributed by atoms with Crippen molar-refractivity contribution in [1.29, 1.82) is 0 Å². The molecule has 1 aromatic carbocycles. The first kappa shape index (κ1) is 13.6. The zero-order chi connectivity index (χ0) is 13.7. The Hall–Kier alpha value is -1.78. The van der Waals surface area contributed by atoms with Crippen LogP contribution >= 0.6 is 11.6 Å². The fraction of sp³-hybridized carbons (Fsp3) is 0.214. The molecule has 0 aliphatic heterocycles. The Bertz CT molecular complexity index is 561. The number of pyridine rings is 1. The van der Waals surface area contributed by atoms with Crippen molar-refractivity contribution in [2.45, 2.75) is 13.2 Å². The van der Waals surface area contributed by atoms with Gasteiger partial charge in [-0.1, -0.05) is 17.7 Å². The minimum absolute atomic E-state index is 0.353. The first-order valence-electron chi connectivity index (χ1n) is 5.82. The minimum Gasteiger partial charge on any atom is -0.493 e. The molecule has 1 aromatic heterocycles. The zero-order valence-electron chi connectivity index (χ0n) is 10.6. The molecule has 0 unspecified atom stereocenters. The lowest BCUT2D eigenvalue weighted by molar-refractivity contribution is 0.284. The van der Waals surface area contributed by atoms with Crippen LogP contribution in [0.15, 0.2) is 36.7 Å². The summed E-state index contributed by atoms with van der Waals surface area (Å²) in [6.07, 6.45) is 3.27. The van der Waals surface area contributed by atoms with Crippen LogP contribution in [0.5, 0.6) is 11.5 Å². The van der Waals surface area contributed by atoms with Crippen molar-refractivity contribution in [3.8, 4) is 11.5 Å². The van der Waals surface area contributed by atoms with E-state index in [9.17, 15) is 0 Å². The summed E-state index contributed by atoms with van der Waals surface area (Å²) in [4.78, 5) is 3.93. The van der Waals surface area contributed by atoms with E-state index in [0.717, 1.165) is 11.1 Å². The highest BCUT2D eigenvalue weighted by atomic mass is 35.5. The summed E-state index contributed by atoms with van der Waals surface area (Å²) < 4.78 is 11.0. The lowest BCUT2D eigenvalue weighted by Gasteiger charge is -2.12. The van der Waals surface area contributed by atoms with Crippen LogP contribution in [0.4, 0.5) is 0 Å². The van der Waals surface area contributed by atoms with Crippen molar-refractivity contribution < 1.29 is 9.47 Å². The van der Waals surface area contributed by atoms with E-state index in [-0.39, 0.29) is 0 Å². The van der Waals surface area contributed by atoms with E-state index in [1.165, 1.54) is 0 Å². The Morgan fingerprint density at radius 3 is 2.79 bits per heavy atom. The predicted molar refractivity (Wildman–Crippen MR) is 74.5 cm³/mol. The minimum atomic E-state index is 0.353. The number of hydrogen-bond donors (Lipinski definition) is 1. The molecule has 0 aliphatic carbocycles. The van der Waals surface area contributed by atoms with E-state index >= 15 is 0 Å². The molecule has 0 radical (unpaired) electrons. The second kappa shape index (κ2) is 6.41. The van der Waals surface area contributed by atoms with Gasteiger partial charge in [0.05, 0.1) is 12.1 Å². The summed E-state index contributed by atoms with van der Waals surface area (Å²) in [6.45, 7) is 0.808. The SMILES string of the molecule is COc1ccc(CN)cc1OCc1ccncc1Cl. The van der Waals surface area contributed by atoms with Crippen molar-refractivity contribution in [2.24, 2.45) is 5.73 Å². The molecule has 100 valence electrons. The third-order valence-corrected chi connectivity index (χ3v) is 3.04. The van der Waals surface area contributed by atoms with E-state index in [1.807, 2.05) is 24.3 Å². The Labute approximate surface area is 117 Å². The normalized spacial score (nSPS) is 10.3. The van der Waals surface area contributed by atoms with E-state index in [2.05, 4.69) is 4.98 Å². The van der Waals surface area contributed by atoms with Gasteiger partial charge in [-0.25, -0.2) is 0 Å². The lowest BCUT2D eigenvalue weighted by Crippen LogP contribution is -2.01. The van der Waals surface area contributed by atoms with E-state index in [1.54, 1.807) is 19.5 Å². The largest absolute Gasteiger partial charge is 0.493 e. The summed E-state index contributed by atoms with van der Waals surface area (Å²) in [5.41, 5.74) is 7.47. The second-order valence-electron chi connectivity index (χ2n) is 3.95. The smallest absolute Gasteiger partial charge is 0.161 e. The Kier molecular flexibility index (Phi) is 4.60. The molecule has 0 aliphatic rings. The Balaban J connectivity index is 2.16. The van der Waals surface area contributed by atoms with Crippen LogP contribution in [-0.4, -0.2) is 12.1 Å². The van der Waals surface area contributed by atoms with Gasteiger partial charge in [-0.05, 0) is 23.8 Å². The van der Waals surface area contributed by atoms with Crippen molar-refractivity contribution in [2.75, 3.05) is 7.11 Å². The standard InChI is InChI=1S/C14H15ClN2O2/c1-18-13-3-2-10(7-16)6-14(13)19-9-11-4-5-17-8-12(11)15/h2-6,8H,7,9,16H2,1H3. The predicted octanol–water partition coefficient (Wildman–Crippen LogP) is 2.78. The molecule has 0 saturated heterocycles. The van der Waals surface area contributed by atoms with Gasteiger partial charge in [0.25, 0.3) is 0 Å². The fourth-order valence-electron chi connectivity index (χ4n) is 1.64. The highest BCUT2D eigenvalue weighted by Gasteiger charge is 2.07. The van der Waals surface area contributed by atoms with Gasteiger partial charge in [0.15, 0.2) is 11.5 Å². The first-order valence-corrected chi connectivity index (χ1v) is 6.20. The lowest BCUT2D eigenvalue weighted by atomic mass is 10.2. The Morgan fingerprint density at radius 2 is 2.11 bits per heavy atom. The van der Waals surface area contributed by atoms with Gasteiger partial charge in [0.2, 0.25) is 0 Å². The summed E-state index contributed by atoms with van der Waals surface area (Å²) in [7, 11) is 1.60. The topological polar surface area (TPSA) is 57.4 Å². The molecule has 0 amide bonds. The maximum Gasteiger partial charge on any atom is 0.161 e. The number of rotatable bonds is 5. The molecule has 2 aromatic rings. The molecular formula is C14H15ClN2O2. The quantitative estimate of drug-likeness (QED) is 0.914. The van der Waals surface area contributed by atoms with Gasteiger partial charge in [-0.3, -0.25) is 4.98 Å². The summed E-state index contributed by atoms with van der Waals surface area (Å²) in [5.74, 6) is 1.32. The maximum atomic E-state index is 6.03. The van der Waals surface area contributed by atoms with Crippen LogP contribution in [0.3, 0.4) is 0 Å². The summed E-state index contributed by atoms with van der Waals surface area (Å²) >= 11 is 6.03. The molecule has 0 fully saturated rings. The van der Waals surface area contributed by atoms with E-state index in [4.69, 9.17) is 26.8 Å². The number of aromatic nitrogens is 1. The maximum absolute atomic E-state index is 6.03. The highest BCUT2D eigenvalue weighted by molar-refractivity contribution is 6.31. The summed E-state index contributed by atoms with van der Waals surface area (Å²) in [6, 6.07) is 7.44. The highest BCUT2D eigenvalue weighted by Crippen LogP contribution is 2.29. The molecule has 0 bridgehead atoms. The molecule has 0 saturated carbocycles. The van der Waals surface area contributed by atoms with Gasteiger partial charge in [0.1, 0.15) is 6.61 Å². The zero-order valence-corrected chi connectivity index (χ0v) is 11.4. The van der Waals surface area contributed by atoms with E-state index < -0.39 is 0 Å².